The highest BCUT2D eigenvalue weighted by molar-refractivity contribution is 7.89. The van der Waals surface area contributed by atoms with Crippen LogP contribution in [0.1, 0.15) is 24.4 Å². The fourth-order valence-electron chi connectivity index (χ4n) is 4.46. The maximum atomic E-state index is 13.0. The zero-order valence-electron chi connectivity index (χ0n) is 18.6. The van der Waals surface area contributed by atoms with Gasteiger partial charge in [-0.05, 0) is 37.1 Å². The Morgan fingerprint density at radius 1 is 1.06 bits per heavy atom. The van der Waals surface area contributed by atoms with Crippen molar-refractivity contribution in [3.05, 3.63) is 52.1 Å². The number of rotatable bonds is 7. The van der Waals surface area contributed by atoms with Crippen molar-refractivity contribution >= 4 is 21.4 Å². The van der Waals surface area contributed by atoms with Gasteiger partial charge in [0.2, 0.25) is 10.0 Å². The maximum absolute atomic E-state index is 13.0. The Hall–Kier alpha value is -2.89. The molecule has 0 aromatic heterocycles. The fraction of sp³-hybridized carbons (Fsp3) is 0.455. The summed E-state index contributed by atoms with van der Waals surface area (Å²) in [7, 11) is -0.696. The third-order valence-electron chi connectivity index (χ3n) is 6.11. The van der Waals surface area contributed by atoms with Gasteiger partial charge in [-0.1, -0.05) is 0 Å². The molecule has 0 aliphatic carbocycles. The van der Waals surface area contributed by atoms with E-state index in [4.69, 9.17) is 14.2 Å². The van der Waals surface area contributed by atoms with Crippen LogP contribution in [0.15, 0.2) is 41.3 Å². The van der Waals surface area contributed by atoms with Crippen molar-refractivity contribution in [2.45, 2.75) is 23.8 Å². The number of hydrogen-bond donors (Lipinski definition) is 0. The molecule has 11 heteroatoms. The van der Waals surface area contributed by atoms with Crippen molar-refractivity contribution in [1.82, 2.24) is 4.31 Å². The molecule has 1 unspecified atom stereocenters. The lowest BCUT2D eigenvalue weighted by Crippen LogP contribution is -2.40. The third-order valence-corrected chi connectivity index (χ3v) is 8.01. The Labute approximate surface area is 192 Å². The van der Waals surface area contributed by atoms with Crippen molar-refractivity contribution < 1.29 is 27.6 Å². The van der Waals surface area contributed by atoms with E-state index in [1.165, 1.54) is 16.4 Å². The van der Waals surface area contributed by atoms with Gasteiger partial charge in [-0.3, -0.25) is 10.1 Å². The minimum absolute atomic E-state index is 0.0855. The summed E-state index contributed by atoms with van der Waals surface area (Å²) < 4.78 is 43.4. The van der Waals surface area contributed by atoms with Gasteiger partial charge in [0.1, 0.15) is 17.2 Å². The molecule has 2 aliphatic rings. The first-order valence-electron chi connectivity index (χ1n) is 10.7. The highest BCUT2D eigenvalue weighted by Crippen LogP contribution is 2.44. The summed E-state index contributed by atoms with van der Waals surface area (Å²) in [5.74, 6) is 1.30. The number of hydrogen-bond acceptors (Lipinski definition) is 8. The standard InChI is InChI=1S/C22H27N3O7S/c1-30-16-5-7-18(22(14-16)31-2)19-4-3-9-24(19)20-8-6-17(15-21(20)25(26)27)33(28,29)23-10-12-32-13-11-23/h5-8,14-15,19H,3-4,9-13H2,1-2H3. The van der Waals surface area contributed by atoms with Gasteiger partial charge in [0.15, 0.2) is 0 Å². The molecule has 2 aromatic rings. The average molecular weight is 478 g/mol. The molecule has 0 N–H and O–H groups in total. The number of benzene rings is 2. The number of morpholine rings is 1. The van der Waals surface area contributed by atoms with E-state index in [0.29, 0.717) is 36.9 Å². The SMILES string of the molecule is COc1ccc(C2CCCN2c2ccc(S(=O)(=O)N3CCOCC3)cc2[N+](=O)[O-])c(OC)c1. The van der Waals surface area contributed by atoms with Crippen molar-refractivity contribution in [3.63, 3.8) is 0 Å². The number of anilines is 1. The lowest BCUT2D eigenvalue weighted by Gasteiger charge is -2.29. The highest BCUT2D eigenvalue weighted by Gasteiger charge is 2.35. The third kappa shape index (κ3) is 4.48. The first kappa shape index (κ1) is 23.3. The van der Waals surface area contributed by atoms with Gasteiger partial charge in [-0.25, -0.2) is 8.42 Å². The van der Waals surface area contributed by atoms with E-state index in [9.17, 15) is 18.5 Å². The first-order chi connectivity index (χ1) is 15.9. The Morgan fingerprint density at radius 3 is 2.48 bits per heavy atom. The quantitative estimate of drug-likeness (QED) is 0.442. The lowest BCUT2D eigenvalue weighted by atomic mass is 10.0. The van der Waals surface area contributed by atoms with Gasteiger partial charge >= 0.3 is 0 Å². The Balaban J connectivity index is 1.72. The molecule has 2 aliphatic heterocycles. The molecule has 0 bridgehead atoms. The van der Waals surface area contributed by atoms with Crippen LogP contribution in [0.4, 0.5) is 11.4 Å². The number of sulfonamides is 1. The van der Waals surface area contributed by atoms with E-state index in [1.807, 2.05) is 17.0 Å². The van der Waals surface area contributed by atoms with E-state index in [-0.39, 0.29) is 29.7 Å². The zero-order valence-corrected chi connectivity index (χ0v) is 19.4. The number of methoxy groups -OCH3 is 2. The second-order valence-corrected chi connectivity index (χ2v) is 9.82. The first-order valence-corrected chi connectivity index (χ1v) is 12.2. The van der Waals surface area contributed by atoms with Crippen molar-refractivity contribution in [3.8, 4) is 11.5 Å². The van der Waals surface area contributed by atoms with Crippen molar-refractivity contribution in [2.75, 3.05) is 52.0 Å². The zero-order chi connectivity index (χ0) is 23.6. The van der Waals surface area contributed by atoms with Gasteiger partial charge in [0, 0.05) is 37.3 Å². The van der Waals surface area contributed by atoms with Gasteiger partial charge in [0.05, 0.1) is 43.3 Å². The molecular weight excluding hydrogens is 450 g/mol. The number of nitro benzene ring substituents is 1. The molecule has 2 fully saturated rings. The molecule has 10 nitrogen and oxygen atoms in total. The summed E-state index contributed by atoms with van der Waals surface area (Å²) in [5.41, 5.74) is 1.06. The second kappa shape index (κ2) is 9.54. The molecule has 2 heterocycles. The van der Waals surface area contributed by atoms with Crippen LogP contribution in [0.5, 0.6) is 11.5 Å². The van der Waals surface area contributed by atoms with Gasteiger partial charge in [-0.15, -0.1) is 0 Å². The molecular formula is C22H27N3O7S. The molecule has 0 amide bonds. The molecule has 0 radical (unpaired) electrons. The normalized spacial score (nSPS) is 19.5. The van der Waals surface area contributed by atoms with E-state index in [2.05, 4.69) is 0 Å². The topological polar surface area (TPSA) is 111 Å². The summed E-state index contributed by atoms with van der Waals surface area (Å²) in [6.45, 7) is 1.67. The van der Waals surface area contributed by atoms with Gasteiger partial charge < -0.3 is 19.1 Å². The lowest BCUT2D eigenvalue weighted by molar-refractivity contribution is -0.384. The molecule has 0 saturated carbocycles. The summed E-state index contributed by atoms with van der Waals surface area (Å²) >= 11 is 0. The van der Waals surface area contributed by atoms with Crippen molar-refractivity contribution in [2.24, 2.45) is 0 Å². The van der Waals surface area contributed by atoms with E-state index < -0.39 is 14.9 Å². The Kier molecular flexibility index (Phi) is 6.73. The average Bonchev–Trinajstić information content (AvgIpc) is 3.33. The number of nitrogens with zero attached hydrogens (tertiary/aromatic N) is 3. The van der Waals surface area contributed by atoms with Crippen LogP contribution in [0.2, 0.25) is 0 Å². The van der Waals surface area contributed by atoms with E-state index in [0.717, 1.165) is 18.4 Å². The van der Waals surface area contributed by atoms with Crippen LogP contribution in [-0.4, -0.2) is 64.7 Å². The molecule has 4 rings (SSSR count). The predicted octanol–water partition coefficient (Wildman–Crippen LogP) is 2.97. The van der Waals surface area contributed by atoms with Crippen LogP contribution in [0.25, 0.3) is 0 Å². The van der Waals surface area contributed by atoms with Crippen LogP contribution in [-0.2, 0) is 14.8 Å². The monoisotopic (exact) mass is 477 g/mol. The second-order valence-electron chi connectivity index (χ2n) is 7.88. The minimum Gasteiger partial charge on any atom is -0.497 e. The summed E-state index contributed by atoms with van der Waals surface area (Å²) in [4.78, 5) is 13.3. The summed E-state index contributed by atoms with van der Waals surface area (Å²) in [6, 6.07) is 9.54. The van der Waals surface area contributed by atoms with Crippen molar-refractivity contribution in [1.29, 1.82) is 0 Å². The minimum atomic E-state index is -3.85. The number of nitro groups is 1. The van der Waals surface area contributed by atoms with Gasteiger partial charge in [-0.2, -0.15) is 4.31 Å². The largest absolute Gasteiger partial charge is 0.497 e. The van der Waals surface area contributed by atoms with E-state index >= 15 is 0 Å². The van der Waals surface area contributed by atoms with Gasteiger partial charge in [0.25, 0.3) is 5.69 Å². The Bertz CT molecular complexity index is 1130. The van der Waals surface area contributed by atoms with Crippen LogP contribution in [0, 0.1) is 10.1 Å². The summed E-state index contributed by atoms with van der Waals surface area (Å²) in [6.07, 6.45) is 1.62. The van der Waals surface area contributed by atoms with Crippen LogP contribution < -0.4 is 14.4 Å². The summed E-state index contributed by atoms with van der Waals surface area (Å²) in [5, 5.41) is 12.0. The molecule has 178 valence electrons. The number of ether oxygens (including phenoxy) is 3. The molecule has 2 aromatic carbocycles. The predicted molar refractivity (Wildman–Crippen MR) is 122 cm³/mol. The smallest absolute Gasteiger partial charge is 0.293 e. The highest BCUT2D eigenvalue weighted by atomic mass is 32.2. The fourth-order valence-corrected chi connectivity index (χ4v) is 5.89. The molecule has 2 saturated heterocycles. The van der Waals surface area contributed by atoms with E-state index in [1.54, 1.807) is 26.4 Å². The molecule has 0 spiro atoms. The molecule has 33 heavy (non-hydrogen) atoms. The Morgan fingerprint density at radius 2 is 1.82 bits per heavy atom. The molecule has 1 atom stereocenters. The van der Waals surface area contributed by atoms with Crippen LogP contribution in [0.3, 0.4) is 0 Å². The maximum Gasteiger partial charge on any atom is 0.293 e. The van der Waals surface area contributed by atoms with Crippen LogP contribution >= 0.6 is 0 Å².